The summed E-state index contributed by atoms with van der Waals surface area (Å²) in [5, 5.41) is 12.6. The van der Waals surface area contributed by atoms with Gasteiger partial charge >= 0.3 is 5.97 Å². The zero-order chi connectivity index (χ0) is 14.7. The number of aliphatic carboxylic acids is 1. The maximum absolute atomic E-state index is 11.4. The van der Waals surface area contributed by atoms with Gasteiger partial charge in [0.1, 0.15) is 6.04 Å². The molecule has 1 aliphatic carbocycles. The van der Waals surface area contributed by atoms with Crippen molar-refractivity contribution in [2.24, 2.45) is 5.92 Å². The van der Waals surface area contributed by atoms with Crippen molar-refractivity contribution in [3.8, 4) is 0 Å². The minimum absolute atomic E-state index is 0.540. The molecule has 0 aromatic heterocycles. The Bertz CT molecular complexity index is 597. The van der Waals surface area contributed by atoms with Crippen LogP contribution in [0.4, 0.5) is 0 Å². The van der Waals surface area contributed by atoms with E-state index >= 15 is 0 Å². The van der Waals surface area contributed by atoms with Crippen molar-refractivity contribution in [2.45, 2.75) is 18.4 Å². The largest absolute Gasteiger partial charge is 0.480 e. The van der Waals surface area contributed by atoms with Crippen LogP contribution in [0.15, 0.2) is 60.7 Å². The molecule has 2 aromatic rings. The summed E-state index contributed by atoms with van der Waals surface area (Å²) in [5.41, 5.74) is 2.16. The second-order valence-corrected chi connectivity index (χ2v) is 5.60. The molecule has 21 heavy (non-hydrogen) atoms. The Balaban J connectivity index is 1.58. The number of rotatable bonds is 6. The first-order chi connectivity index (χ1) is 10.3. The standard InChI is InChI=1S/C18H19NO2/c20-18(21)17(14-9-5-2-6-10-14)19-12-15-11-16(15)13-7-3-1-4-8-13/h1-10,15-17,19H,11-12H2,(H,20,21)/t15?,16?,17-/m0/s1. The van der Waals surface area contributed by atoms with Gasteiger partial charge in [0.15, 0.2) is 0 Å². The highest BCUT2D eigenvalue weighted by Gasteiger charge is 2.38. The van der Waals surface area contributed by atoms with Crippen LogP contribution in [0.25, 0.3) is 0 Å². The maximum atomic E-state index is 11.4. The number of carbonyl (C=O) groups is 1. The Hall–Kier alpha value is -2.13. The summed E-state index contributed by atoms with van der Waals surface area (Å²) in [6.07, 6.45) is 1.14. The summed E-state index contributed by atoms with van der Waals surface area (Å²) < 4.78 is 0. The van der Waals surface area contributed by atoms with E-state index in [0.29, 0.717) is 11.8 Å². The van der Waals surface area contributed by atoms with E-state index in [9.17, 15) is 9.90 Å². The summed E-state index contributed by atoms with van der Waals surface area (Å²) >= 11 is 0. The predicted molar refractivity (Wildman–Crippen MR) is 82.1 cm³/mol. The highest BCUT2D eigenvalue weighted by Crippen LogP contribution is 2.47. The third kappa shape index (κ3) is 3.31. The number of hydrogen-bond donors (Lipinski definition) is 2. The number of hydrogen-bond acceptors (Lipinski definition) is 2. The Morgan fingerprint density at radius 3 is 2.33 bits per heavy atom. The molecule has 0 spiro atoms. The summed E-state index contributed by atoms with van der Waals surface area (Å²) in [6, 6.07) is 19.2. The molecule has 2 unspecified atom stereocenters. The zero-order valence-electron chi connectivity index (χ0n) is 11.8. The monoisotopic (exact) mass is 281 g/mol. The van der Waals surface area contributed by atoms with Crippen LogP contribution in [0.1, 0.15) is 29.5 Å². The average Bonchev–Trinajstić information content (AvgIpc) is 3.29. The van der Waals surface area contributed by atoms with Gasteiger partial charge in [0.05, 0.1) is 0 Å². The molecule has 0 amide bonds. The van der Waals surface area contributed by atoms with Gasteiger partial charge in [0, 0.05) is 0 Å². The van der Waals surface area contributed by atoms with Crippen molar-refractivity contribution in [3.63, 3.8) is 0 Å². The van der Waals surface area contributed by atoms with Crippen molar-refractivity contribution in [1.82, 2.24) is 5.32 Å². The topological polar surface area (TPSA) is 49.3 Å². The van der Waals surface area contributed by atoms with Crippen LogP contribution < -0.4 is 5.32 Å². The lowest BCUT2D eigenvalue weighted by molar-refractivity contribution is -0.139. The Kier molecular flexibility index (Phi) is 4.02. The average molecular weight is 281 g/mol. The van der Waals surface area contributed by atoms with Gasteiger partial charge in [0.25, 0.3) is 0 Å². The van der Waals surface area contributed by atoms with E-state index in [0.717, 1.165) is 18.5 Å². The van der Waals surface area contributed by atoms with Crippen LogP contribution in [-0.2, 0) is 4.79 Å². The van der Waals surface area contributed by atoms with Gasteiger partial charge in [0.2, 0.25) is 0 Å². The van der Waals surface area contributed by atoms with Crippen molar-refractivity contribution >= 4 is 5.97 Å². The summed E-state index contributed by atoms with van der Waals surface area (Å²) in [5.74, 6) is 0.292. The quantitative estimate of drug-likeness (QED) is 0.855. The van der Waals surface area contributed by atoms with Crippen LogP contribution in [-0.4, -0.2) is 17.6 Å². The van der Waals surface area contributed by atoms with Crippen molar-refractivity contribution in [1.29, 1.82) is 0 Å². The van der Waals surface area contributed by atoms with Gasteiger partial charge in [-0.2, -0.15) is 0 Å². The molecule has 2 aromatic carbocycles. The Morgan fingerprint density at radius 2 is 1.71 bits per heavy atom. The molecule has 0 aliphatic heterocycles. The van der Waals surface area contributed by atoms with Crippen LogP contribution in [0.2, 0.25) is 0 Å². The van der Waals surface area contributed by atoms with E-state index in [-0.39, 0.29) is 0 Å². The van der Waals surface area contributed by atoms with Gasteiger partial charge < -0.3 is 10.4 Å². The van der Waals surface area contributed by atoms with Crippen molar-refractivity contribution < 1.29 is 9.90 Å². The molecule has 1 saturated carbocycles. The lowest BCUT2D eigenvalue weighted by atomic mass is 10.1. The number of benzene rings is 2. The van der Waals surface area contributed by atoms with Crippen LogP contribution in [0.5, 0.6) is 0 Å². The molecule has 0 heterocycles. The second-order valence-electron chi connectivity index (χ2n) is 5.60. The normalized spacial score (nSPS) is 21.7. The predicted octanol–water partition coefficient (Wildman–Crippen LogP) is 3.21. The second kappa shape index (κ2) is 6.10. The Morgan fingerprint density at radius 1 is 1.10 bits per heavy atom. The summed E-state index contributed by atoms with van der Waals surface area (Å²) in [6.45, 7) is 0.741. The van der Waals surface area contributed by atoms with Gasteiger partial charge in [-0.3, -0.25) is 4.79 Å². The first-order valence-electron chi connectivity index (χ1n) is 7.32. The van der Waals surface area contributed by atoms with E-state index in [4.69, 9.17) is 0 Å². The van der Waals surface area contributed by atoms with Gasteiger partial charge in [-0.15, -0.1) is 0 Å². The number of carboxylic acids is 1. The first kappa shape index (κ1) is 13.8. The fourth-order valence-corrected chi connectivity index (χ4v) is 2.84. The van der Waals surface area contributed by atoms with Crippen LogP contribution in [0, 0.1) is 5.92 Å². The zero-order valence-corrected chi connectivity index (χ0v) is 11.8. The SMILES string of the molecule is O=C(O)[C@@H](NCC1CC1c1ccccc1)c1ccccc1. The first-order valence-corrected chi connectivity index (χ1v) is 7.32. The van der Waals surface area contributed by atoms with Gasteiger partial charge in [-0.05, 0) is 35.9 Å². The van der Waals surface area contributed by atoms with Crippen molar-refractivity contribution in [3.05, 3.63) is 71.8 Å². The molecule has 1 fully saturated rings. The third-order valence-electron chi connectivity index (χ3n) is 4.11. The molecule has 0 radical (unpaired) electrons. The van der Waals surface area contributed by atoms with Crippen LogP contribution >= 0.6 is 0 Å². The molecule has 2 N–H and O–H groups in total. The molecule has 3 nitrogen and oxygen atoms in total. The summed E-state index contributed by atoms with van der Waals surface area (Å²) in [7, 11) is 0. The highest BCUT2D eigenvalue weighted by atomic mass is 16.4. The molecule has 3 atom stereocenters. The lowest BCUT2D eigenvalue weighted by Crippen LogP contribution is -2.30. The minimum Gasteiger partial charge on any atom is -0.480 e. The smallest absolute Gasteiger partial charge is 0.325 e. The molecular formula is C18H19NO2. The van der Waals surface area contributed by atoms with E-state index in [1.54, 1.807) is 0 Å². The Labute approximate surface area is 124 Å². The lowest BCUT2D eigenvalue weighted by Gasteiger charge is -2.14. The third-order valence-corrected chi connectivity index (χ3v) is 4.11. The van der Waals surface area contributed by atoms with E-state index in [1.807, 2.05) is 36.4 Å². The molecule has 0 saturated heterocycles. The molecule has 3 rings (SSSR count). The molecule has 108 valence electrons. The van der Waals surface area contributed by atoms with Crippen molar-refractivity contribution in [2.75, 3.05) is 6.54 Å². The molecule has 3 heteroatoms. The number of nitrogens with one attached hydrogen (secondary N) is 1. The maximum Gasteiger partial charge on any atom is 0.325 e. The fraction of sp³-hybridized carbons (Fsp3) is 0.278. The molecule has 0 bridgehead atoms. The van der Waals surface area contributed by atoms with Gasteiger partial charge in [-0.1, -0.05) is 60.7 Å². The highest BCUT2D eigenvalue weighted by molar-refractivity contribution is 5.75. The van der Waals surface area contributed by atoms with E-state index in [1.165, 1.54) is 5.56 Å². The molecule has 1 aliphatic rings. The van der Waals surface area contributed by atoms with E-state index < -0.39 is 12.0 Å². The van der Waals surface area contributed by atoms with E-state index in [2.05, 4.69) is 29.6 Å². The fourth-order valence-electron chi connectivity index (χ4n) is 2.84. The van der Waals surface area contributed by atoms with Gasteiger partial charge in [-0.25, -0.2) is 0 Å². The van der Waals surface area contributed by atoms with Crippen LogP contribution in [0.3, 0.4) is 0 Å². The molecular weight excluding hydrogens is 262 g/mol. The minimum atomic E-state index is -0.821. The summed E-state index contributed by atoms with van der Waals surface area (Å²) in [4.78, 5) is 11.4. The number of carboxylic acid groups (broad SMARTS) is 1.